The van der Waals surface area contributed by atoms with Crippen molar-refractivity contribution in [2.75, 3.05) is 36.8 Å². The summed E-state index contributed by atoms with van der Waals surface area (Å²) in [4.78, 5) is 36.4. The number of nitrogens with zero attached hydrogens (tertiary/aromatic N) is 5. The highest BCUT2D eigenvalue weighted by Gasteiger charge is 2.30. The first kappa shape index (κ1) is 26.2. The molecule has 2 amide bonds. The fourth-order valence-electron chi connectivity index (χ4n) is 5.55. The minimum absolute atomic E-state index is 0.0620. The summed E-state index contributed by atoms with van der Waals surface area (Å²) in [5.41, 5.74) is 14.9. The number of pyridine rings is 1. The number of thiophene rings is 1. The lowest BCUT2D eigenvalue weighted by molar-refractivity contribution is 0.0924. The standard InChI is InChI=1S/C29H29N9O3S/c30-27-24-22(10-21(38(24)35-15-34-27)16-7-8-20(28(31)39)33-11-16)37-9-3-4-17(14-37)36-29(40)26-25(41-18-12-32-13-18)19-5-1-2-6-23(19)42-26/h1-2,5-8,10-11,15,17-18,32H,3-4,9,12-14H2,(H2,31,39)(H,36,40)(H2,30,34,35)/t17-/m1/s1. The van der Waals surface area contributed by atoms with E-state index in [1.165, 1.54) is 17.7 Å². The largest absolute Gasteiger partial charge is 0.485 e. The smallest absolute Gasteiger partial charge is 0.267 e. The van der Waals surface area contributed by atoms with Gasteiger partial charge in [-0.25, -0.2) is 9.50 Å². The molecule has 0 radical (unpaired) electrons. The summed E-state index contributed by atoms with van der Waals surface area (Å²) in [6.45, 7) is 2.92. The van der Waals surface area contributed by atoms with Crippen LogP contribution in [0.15, 0.2) is 55.0 Å². The van der Waals surface area contributed by atoms with Gasteiger partial charge in [0.25, 0.3) is 11.8 Å². The third-order valence-corrected chi connectivity index (χ3v) is 8.91. The molecule has 13 heteroatoms. The van der Waals surface area contributed by atoms with Gasteiger partial charge in [-0.15, -0.1) is 11.3 Å². The first-order valence-corrected chi connectivity index (χ1v) is 14.6. The molecule has 0 bridgehead atoms. The molecule has 2 aliphatic rings. The monoisotopic (exact) mass is 583 g/mol. The number of carbonyl (C=O) groups excluding carboxylic acids is 2. The molecule has 6 N–H and O–H groups in total. The van der Waals surface area contributed by atoms with Gasteiger partial charge in [-0.1, -0.05) is 12.1 Å². The number of fused-ring (bicyclic) bond motifs is 2. The maximum absolute atomic E-state index is 13.7. The molecule has 0 spiro atoms. The molecular weight excluding hydrogens is 554 g/mol. The number of ether oxygens (including phenoxy) is 1. The number of benzene rings is 1. The van der Waals surface area contributed by atoms with Gasteiger partial charge >= 0.3 is 0 Å². The number of nitrogen functional groups attached to an aromatic ring is 1. The Bertz CT molecular complexity index is 1810. The number of piperidine rings is 1. The molecule has 4 aromatic heterocycles. The third-order valence-electron chi connectivity index (χ3n) is 7.76. The van der Waals surface area contributed by atoms with E-state index in [2.05, 4.69) is 30.6 Å². The van der Waals surface area contributed by atoms with Crippen molar-refractivity contribution >= 4 is 50.3 Å². The van der Waals surface area contributed by atoms with E-state index >= 15 is 0 Å². The molecule has 1 aromatic carbocycles. The van der Waals surface area contributed by atoms with Gasteiger partial charge in [0.1, 0.15) is 28.5 Å². The van der Waals surface area contributed by atoms with Crippen LogP contribution in [0.3, 0.4) is 0 Å². The molecule has 0 aliphatic carbocycles. The number of hydrogen-bond acceptors (Lipinski definition) is 10. The Morgan fingerprint density at radius 3 is 2.76 bits per heavy atom. The minimum atomic E-state index is -0.593. The average Bonchev–Trinajstić information content (AvgIpc) is 3.55. The molecule has 1 atom stereocenters. The number of nitrogens with two attached hydrogens (primary N) is 2. The fraction of sp³-hybridized carbons (Fsp3) is 0.276. The van der Waals surface area contributed by atoms with E-state index in [4.69, 9.17) is 16.2 Å². The predicted molar refractivity (Wildman–Crippen MR) is 161 cm³/mol. The summed E-state index contributed by atoms with van der Waals surface area (Å²) in [5, 5.41) is 11.9. The lowest BCUT2D eigenvalue weighted by Crippen LogP contribution is -2.50. The van der Waals surface area contributed by atoms with Crippen molar-refractivity contribution in [2.24, 2.45) is 5.73 Å². The SMILES string of the molecule is NC(=O)c1ccc(-c2cc(N3CCC[C@@H](NC(=O)c4sc5ccccc5c4OC4CNC4)C3)c3c(N)ncnn23)cn1. The molecule has 2 aliphatic heterocycles. The van der Waals surface area contributed by atoms with Crippen LogP contribution in [0.1, 0.15) is 33.0 Å². The highest BCUT2D eigenvalue weighted by molar-refractivity contribution is 7.21. The van der Waals surface area contributed by atoms with Crippen LogP contribution in [-0.2, 0) is 0 Å². The number of hydrogen-bond donors (Lipinski definition) is 4. The van der Waals surface area contributed by atoms with Crippen molar-refractivity contribution in [3.05, 3.63) is 65.6 Å². The number of amides is 2. The zero-order valence-electron chi connectivity index (χ0n) is 22.6. The first-order chi connectivity index (χ1) is 20.5. The fourth-order valence-corrected chi connectivity index (χ4v) is 6.59. The van der Waals surface area contributed by atoms with E-state index in [9.17, 15) is 9.59 Å². The van der Waals surface area contributed by atoms with Gasteiger partial charge in [-0.2, -0.15) is 5.10 Å². The van der Waals surface area contributed by atoms with Crippen LogP contribution in [0.5, 0.6) is 5.75 Å². The van der Waals surface area contributed by atoms with Crippen molar-refractivity contribution in [2.45, 2.75) is 25.0 Å². The lowest BCUT2D eigenvalue weighted by atomic mass is 10.0. The molecule has 5 aromatic rings. The molecule has 42 heavy (non-hydrogen) atoms. The van der Waals surface area contributed by atoms with Crippen LogP contribution >= 0.6 is 11.3 Å². The van der Waals surface area contributed by atoms with Crippen molar-refractivity contribution in [3.63, 3.8) is 0 Å². The molecule has 7 rings (SSSR count). The molecule has 214 valence electrons. The summed E-state index contributed by atoms with van der Waals surface area (Å²) >= 11 is 1.46. The Morgan fingerprint density at radius 2 is 2.00 bits per heavy atom. The van der Waals surface area contributed by atoms with Crippen LogP contribution in [0.25, 0.3) is 26.9 Å². The van der Waals surface area contributed by atoms with Gasteiger partial charge in [-0.3, -0.25) is 14.6 Å². The van der Waals surface area contributed by atoms with E-state index in [1.54, 1.807) is 22.8 Å². The highest BCUT2D eigenvalue weighted by atomic mass is 32.1. The number of anilines is 2. The van der Waals surface area contributed by atoms with E-state index in [0.29, 0.717) is 28.5 Å². The third kappa shape index (κ3) is 4.65. The number of carbonyl (C=O) groups is 2. The van der Waals surface area contributed by atoms with Gasteiger partial charge in [-0.05, 0) is 43.2 Å². The van der Waals surface area contributed by atoms with Crippen molar-refractivity contribution in [1.82, 2.24) is 30.2 Å². The second-order valence-electron chi connectivity index (χ2n) is 10.5. The molecular formula is C29H29N9O3S. The van der Waals surface area contributed by atoms with Crippen molar-refractivity contribution < 1.29 is 14.3 Å². The summed E-state index contributed by atoms with van der Waals surface area (Å²) in [5.74, 6) is 0.286. The predicted octanol–water partition coefficient (Wildman–Crippen LogP) is 2.44. The maximum atomic E-state index is 13.7. The molecule has 0 saturated carbocycles. The topological polar surface area (TPSA) is 166 Å². The Labute approximate surface area is 244 Å². The Balaban J connectivity index is 1.16. The second-order valence-corrected chi connectivity index (χ2v) is 11.6. The number of nitrogens with one attached hydrogen (secondary N) is 2. The van der Waals surface area contributed by atoms with Gasteiger partial charge in [0, 0.05) is 54.1 Å². The molecule has 0 unspecified atom stereocenters. The summed E-state index contributed by atoms with van der Waals surface area (Å²) in [6.07, 6.45) is 4.78. The van der Waals surface area contributed by atoms with E-state index < -0.39 is 5.91 Å². The van der Waals surface area contributed by atoms with E-state index in [-0.39, 0.29) is 23.7 Å². The van der Waals surface area contributed by atoms with Crippen LogP contribution in [0.4, 0.5) is 11.5 Å². The van der Waals surface area contributed by atoms with Crippen LogP contribution in [0, 0.1) is 0 Å². The van der Waals surface area contributed by atoms with Crippen LogP contribution in [0.2, 0.25) is 0 Å². The zero-order chi connectivity index (χ0) is 28.8. The number of rotatable bonds is 7. The van der Waals surface area contributed by atoms with E-state index in [0.717, 1.165) is 59.5 Å². The van der Waals surface area contributed by atoms with Crippen LogP contribution in [-0.4, -0.2) is 69.7 Å². The Hall–Kier alpha value is -4.75. The maximum Gasteiger partial charge on any atom is 0.267 e. The van der Waals surface area contributed by atoms with Crippen molar-refractivity contribution in [1.29, 1.82) is 0 Å². The quantitative estimate of drug-likeness (QED) is 0.225. The van der Waals surface area contributed by atoms with Gasteiger partial charge in [0.2, 0.25) is 0 Å². The molecule has 12 nitrogen and oxygen atoms in total. The molecule has 2 saturated heterocycles. The van der Waals surface area contributed by atoms with E-state index in [1.807, 2.05) is 30.3 Å². The Kier molecular flexibility index (Phi) is 6.59. The summed E-state index contributed by atoms with van der Waals surface area (Å²) in [6, 6.07) is 13.2. The van der Waals surface area contributed by atoms with Crippen LogP contribution < -0.4 is 31.7 Å². The molecule has 6 heterocycles. The molecule has 2 fully saturated rings. The first-order valence-electron chi connectivity index (χ1n) is 13.8. The normalized spacial score (nSPS) is 17.3. The van der Waals surface area contributed by atoms with Gasteiger partial charge in [0.05, 0.1) is 11.4 Å². The summed E-state index contributed by atoms with van der Waals surface area (Å²) < 4.78 is 9.04. The van der Waals surface area contributed by atoms with Crippen molar-refractivity contribution in [3.8, 4) is 17.0 Å². The lowest BCUT2D eigenvalue weighted by Gasteiger charge is -2.34. The average molecular weight is 584 g/mol. The zero-order valence-corrected chi connectivity index (χ0v) is 23.4. The number of primary amides is 1. The summed E-state index contributed by atoms with van der Waals surface area (Å²) in [7, 11) is 0. The second kappa shape index (κ2) is 10.6. The van der Waals surface area contributed by atoms with Gasteiger partial charge in [0.15, 0.2) is 11.6 Å². The number of aromatic nitrogens is 4. The Morgan fingerprint density at radius 1 is 1.14 bits per heavy atom. The van der Waals surface area contributed by atoms with Gasteiger partial charge < -0.3 is 31.7 Å². The minimum Gasteiger partial charge on any atom is -0.485 e. The highest BCUT2D eigenvalue weighted by Crippen LogP contribution is 2.39.